The smallest absolute Gasteiger partial charge is 0.322 e. The van der Waals surface area contributed by atoms with E-state index in [4.69, 9.17) is 9.84 Å². The summed E-state index contributed by atoms with van der Waals surface area (Å²) in [7, 11) is 1.99. The quantitative estimate of drug-likeness (QED) is 0.707. The van der Waals surface area contributed by atoms with Crippen molar-refractivity contribution in [1.29, 1.82) is 0 Å². The van der Waals surface area contributed by atoms with Gasteiger partial charge < -0.3 is 20.1 Å². The number of aliphatic carboxylic acids is 1. The molecule has 5 nitrogen and oxygen atoms in total. The fourth-order valence-corrected chi connectivity index (χ4v) is 2.36. The maximum atomic E-state index is 11.2. The van der Waals surface area contributed by atoms with Crippen molar-refractivity contribution in [1.82, 2.24) is 10.2 Å². The highest BCUT2D eigenvalue weighted by Gasteiger charge is 2.22. The molecule has 0 amide bonds. The topological polar surface area (TPSA) is 61.8 Å². The van der Waals surface area contributed by atoms with Crippen LogP contribution in [0.25, 0.3) is 0 Å². The first-order chi connectivity index (χ1) is 8.49. The number of carboxylic acids is 1. The number of ether oxygens (including phenoxy) is 1. The molecule has 0 bridgehead atoms. The number of rotatable bonds is 7. The predicted octanol–water partition coefficient (Wildman–Crippen LogP) is 0.796. The Balaban J connectivity index is 2.35. The normalized spacial score (nSPS) is 19.4. The Bertz CT molecular complexity index is 253. The minimum absolute atomic E-state index is 0.183. The van der Waals surface area contributed by atoms with Gasteiger partial charge in [-0.1, -0.05) is 13.8 Å². The molecular weight excluding hydrogens is 232 g/mol. The number of hydrogen-bond donors (Lipinski definition) is 2. The van der Waals surface area contributed by atoms with E-state index in [1.807, 2.05) is 20.9 Å². The molecule has 1 aliphatic heterocycles. The molecule has 0 aromatic heterocycles. The molecule has 1 aliphatic rings. The molecule has 18 heavy (non-hydrogen) atoms. The molecule has 1 atom stereocenters. The van der Waals surface area contributed by atoms with Crippen molar-refractivity contribution in [3.63, 3.8) is 0 Å². The number of carbonyl (C=O) groups is 1. The first-order valence-corrected chi connectivity index (χ1v) is 6.74. The van der Waals surface area contributed by atoms with Crippen molar-refractivity contribution in [2.24, 2.45) is 5.92 Å². The first kappa shape index (κ1) is 15.4. The zero-order chi connectivity index (χ0) is 13.5. The van der Waals surface area contributed by atoms with Gasteiger partial charge in [-0.3, -0.25) is 4.79 Å². The Morgan fingerprint density at radius 2 is 2.06 bits per heavy atom. The van der Waals surface area contributed by atoms with E-state index in [2.05, 4.69) is 10.2 Å². The lowest BCUT2D eigenvalue weighted by molar-refractivity contribution is -0.140. The van der Waals surface area contributed by atoms with Gasteiger partial charge in [0, 0.05) is 32.3 Å². The lowest BCUT2D eigenvalue weighted by atomic mass is 10.00. The van der Waals surface area contributed by atoms with Crippen molar-refractivity contribution < 1.29 is 14.6 Å². The van der Waals surface area contributed by atoms with Gasteiger partial charge in [-0.15, -0.1) is 0 Å². The second kappa shape index (κ2) is 7.71. The van der Waals surface area contributed by atoms with E-state index in [9.17, 15) is 4.79 Å². The van der Waals surface area contributed by atoms with Gasteiger partial charge in [0.1, 0.15) is 6.04 Å². The second-order valence-corrected chi connectivity index (χ2v) is 5.49. The highest BCUT2D eigenvalue weighted by molar-refractivity contribution is 5.73. The summed E-state index contributed by atoms with van der Waals surface area (Å²) < 4.78 is 5.33. The average Bonchev–Trinajstić information content (AvgIpc) is 2.28. The van der Waals surface area contributed by atoms with Gasteiger partial charge in [0.15, 0.2) is 0 Å². The first-order valence-electron chi connectivity index (χ1n) is 6.74. The Labute approximate surface area is 109 Å². The molecule has 0 aromatic carbocycles. The van der Waals surface area contributed by atoms with Crippen molar-refractivity contribution in [2.45, 2.75) is 38.8 Å². The molecule has 2 N–H and O–H groups in total. The zero-order valence-electron chi connectivity index (χ0n) is 11.7. The van der Waals surface area contributed by atoms with Crippen LogP contribution in [0.5, 0.6) is 0 Å². The van der Waals surface area contributed by atoms with Crippen LogP contribution in [0.4, 0.5) is 0 Å². The molecule has 1 unspecified atom stereocenters. The number of carboxylic acid groups (broad SMARTS) is 1. The molecule has 1 saturated heterocycles. The molecular formula is C13H26N2O3. The van der Waals surface area contributed by atoms with Gasteiger partial charge in [-0.2, -0.15) is 0 Å². The van der Waals surface area contributed by atoms with Gasteiger partial charge in [0.2, 0.25) is 0 Å². The van der Waals surface area contributed by atoms with Crippen LogP contribution < -0.4 is 5.32 Å². The lowest BCUT2D eigenvalue weighted by Crippen LogP contribution is -2.48. The monoisotopic (exact) mass is 258 g/mol. The van der Waals surface area contributed by atoms with E-state index in [1.165, 1.54) is 0 Å². The van der Waals surface area contributed by atoms with Gasteiger partial charge in [0.05, 0.1) is 0 Å². The Hall–Kier alpha value is -0.650. The van der Waals surface area contributed by atoms with Crippen LogP contribution in [0.3, 0.4) is 0 Å². The third-order valence-corrected chi connectivity index (χ3v) is 3.24. The van der Waals surface area contributed by atoms with E-state index in [0.29, 0.717) is 12.5 Å². The van der Waals surface area contributed by atoms with Crippen molar-refractivity contribution in [3.05, 3.63) is 0 Å². The minimum atomic E-state index is -0.775. The summed E-state index contributed by atoms with van der Waals surface area (Å²) in [4.78, 5) is 13.3. The maximum Gasteiger partial charge on any atom is 0.322 e. The molecule has 106 valence electrons. The number of hydrogen-bond acceptors (Lipinski definition) is 4. The van der Waals surface area contributed by atoms with E-state index >= 15 is 0 Å². The van der Waals surface area contributed by atoms with Crippen molar-refractivity contribution in [3.8, 4) is 0 Å². The van der Waals surface area contributed by atoms with Crippen LogP contribution >= 0.6 is 0 Å². The van der Waals surface area contributed by atoms with Crippen LogP contribution in [0.1, 0.15) is 26.7 Å². The van der Waals surface area contributed by atoms with Gasteiger partial charge in [-0.25, -0.2) is 0 Å². The molecule has 0 aliphatic carbocycles. The third-order valence-electron chi connectivity index (χ3n) is 3.24. The summed E-state index contributed by atoms with van der Waals surface area (Å²) in [6, 6.07) is -0.308. The lowest BCUT2D eigenvalue weighted by Gasteiger charge is -2.29. The predicted molar refractivity (Wildman–Crippen MR) is 70.7 cm³/mol. The molecule has 0 aromatic rings. The summed E-state index contributed by atoms with van der Waals surface area (Å²) in [5.74, 6) is -0.139. The van der Waals surface area contributed by atoms with E-state index in [-0.39, 0.29) is 6.04 Å². The van der Waals surface area contributed by atoms with Gasteiger partial charge in [0.25, 0.3) is 0 Å². The Morgan fingerprint density at radius 1 is 1.44 bits per heavy atom. The summed E-state index contributed by atoms with van der Waals surface area (Å²) in [5, 5.41) is 12.2. The van der Waals surface area contributed by atoms with Gasteiger partial charge in [-0.05, 0) is 25.8 Å². The van der Waals surface area contributed by atoms with Crippen molar-refractivity contribution >= 4 is 5.97 Å². The highest BCUT2D eigenvalue weighted by Crippen LogP contribution is 2.15. The van der Waals surface area contributed by atoms with Crippen LogP contribution in [0.15, 0.2) is 0 Å². The van der Waals surface area contributed by atoms with Gasteiger partial charge >= 0.3 is 5.97 Å². The standard InChI is InChI=1S/C13H26N2O3/c1-10(2)14-12(13(16)17)9-15(3)8-11-4-6-18-7-5-11/h10-12,14H,4-9H2,1-3H3,(H,16,17). The fourth-order valence-electron chi connectivity index (χ4n) is 2.36. The minimum Gasteiger partial charge on any atom is -0.480 e. The highest BCUT2D eigenvalue weighted by atomic mass is 16.5. The summed E-state index contributed by atoms with van der Waals surface area (Å²) >= 11 is 0. The number of nitrogens with zero attached hydrogens (tertiary/aromatic N) is 1. The second-order valence-electron chi connectivity index (χ2n) is 5.49. The molecule has 0 spiro atoms. The molecule has 1 heterocycles. The molecule has 0 radical (unpaired) electrons. The number of nitrogens with one attached hydrogen (secondary N) is 1. The molecule has 1 rings (SSSR count). The molecule has 1 fully saturated rings. The molecule has 5 heteroatoms. The van der Waals surface area contributed by atoms with E-state index in [1.54, 1.807) is 0 Å². The molecule has 0 saturated carbocycles. The van der Waals surface area contributed by atoms with Crippen LogP contribution in [0.2, 0.25) is 0 Å². The fraction of sp³-hybridized carbons (Fsp3) is 0.923. The van der Waals surface area contributed by atoms with E-state index < -0.39 is 12.0 Å². The van der Waals surface area contributed by atoms with E-state index in [0.717, 1.165) is 32.6 Å². The average molecular weight is 258 g/mol. The van der Waals surface area contributed by atoms with Crippen LogP contribution in [-0.4, -0.2) is 61.4 Å². The van der Waals surface area contributed by atoms with Crippen molar-refractivity contribution in [2.75, 3.05) is 33.4 Å². The van der Waals surface area contributed by atoms with Crippen LogP contribution in [0, 0.1) is 5.92 Å². The largest absolute Gasteiger partial charge is 0.480 e. The van der Waals surface area contributed by atoms with Crippen LogP contribution in [-0.2, 0) is 9.53 Å². The number of likely N-dealkylation sites (N-methyl/N-ethyl adjacent to an activating group) is 1. The Morgan fingerprint density at radius 3 is 2.56 bits per heavy atom. The zero-order valence-corrected chi connectivity index (χ0v) is 11.7. The summed E-state index contributed by atoms with van der Waals surface area (Å²) in [5.41, 5.74) is 0. The SMILES string of the molecule is CC(C)NC(CN(C)CC1CCOCC1)C(=O)O. The maximum absolute atomic E-state index is 11.2. The third kappa shape index (κ3) is 5.80. The Kier molecular flexibility index (Phi) is 6.60. The summed E-state index contributed by atoms with van der Waals surface area (Å²) in [6.07, 6.45) is 2.17. The summed E-state index contributed by atoms with van der Waals surface area (Å²) in [6.45, 7) is 7.11.